The number of carbonyl (C=O) groups is 1. The molecule has 0 aliphatic rings. The molecular formula is C10H6N2O. The fourth-order valence-corrected chi connectivity index (χ4v) is 1.12. The molecule has 13 heavy (non-hydrogen) atoms. The molecule has 3 heteroatoms. The van der Waals surface area contributed by atoms with E-state index in [-0.39, 0.29) is 0 Å². The minimum Gasteiger partial charge on any atom is -0.346 e. The van der Waals surface area contributed by atoms with Crippen LogP contribution in [0.1, 0.15) is 5.56 Å². The Hall–Kier alpha value is -2.08. The monoisotopic (exact) mass is 170 g/mol. The number of hydrogen-bond acceptors (Lipinski definition) is 2. The van der Waals surface area contributed by atoms with Crippen LogP contribution in [-0.2, 0) is 4.79 Å². The molecule has 62 valence electrons. The molecule has 2 heterocycles. The Kier molecular flexibility index (Phi) is 1.81. The number of rotatable bonds is 0. The van der Waals surface area contributed by atoms with Crippen molar-refractivity contribution in [3.8, 4) is 11.8 Å². The van der Waals surface area contributed by atoms with Crippen LogP contribution in [0.3, 0.4) is 0 Å². The van der Waals surface area contributed by atoms with E-state index in [1.807, 2.05) is 18.3 Å². The fraction of sp³-hybridized carbons (Fsp3) is 0. The molecule has 2 rings (SSSR count). The summed E-state index contributed by atoms with van der Waals surface area (Å²) >= 11 is 0. The first-order valence-electron chi connectivity index (χ1n) is 3.78. The summed E-state index contributed by atoms with van der Waals surface area (Å²) < 4.78 is 0. The van der Waals surface area contributed by atoms with Crippen molar-refractivity contribution in [3.63, 3.8) is 0 Å². The van der Waals surface area contributed by atoms with Crippen LogP contribution in [-0.4, -0.2) is 16.3 Å². The van der Waals surface area contributed by atoms with Gasteiger partial charge in [0.2, 0.25) is 0 Å². The lowest BCUT2D eigenvalue weighted by atomic mass is 10.2. The average molecular weight is 170 g/mol. The van der Waals surface area contributed by atoms with Gasteiger partial charge in [0.15, 0.2) is 6.29 Å². The summed E-state index contributed by atoms with van der Waals surface area (Å²) in [5.74, 6) is 5.02. The summed E-state index contributed by atoms with van der Waals surface area (Å²) in [5, 5.41) is 0.998. The average Bonchev–Trinajstić information content (AvgIpc) is 2.61. The Bertz CT molecular complexity index is 502. The van der Waals surface area contributed by atoms with E-state index in [0.29, 0.717) is 6.29 Å². The molecule has 0 atom stereocenters. The van der Waals surface area contributed by atoms with Crippen molar-refractivity contribution in [2.75, 3.05) is 0 Å². The lowest BCUT2D eigenvalue weighted by Crippen LogP contribution is -1.79. The molecule has 0 unspecified atom stereocenters. The first-order valence-corrected chi connectivity index (χ1v) is 3.78. The molecule has 0 radical (unpaired) electrons. The third-order valence-electron chi connectivity index (χ3n) is 1.68. The fourth-order valence-electron chi connectivity index (χ4n) is 1.12. The van der Waals surface area contributed by atoms with Crippen molar-refractivity contribution in [3.05, 3.63) is 30.1 Å². The molecule has 0 saturated carbocycles. The van der Waals surface area contributed by atoms with E-state index in [0.717, 1.165) is 16.6 Å². The molecule has 0 saturated heterocycles. The van der Waals surface area contributed by atoms with Gasteiger partial charge in [0, 0.05) is 23.3 Å². The molecule has 0 amide bonds. The van der Waals surface area contributed by atoms with E-state index in [1.54, 1.807) is 6.20 Å². The van der Waals surface area contributed by atoms with Gasteiger partial charge in [-0.25, -0.2) is 4.98 Å². The predicted octanol–water partition coefficient (Wildman–Crippen LogP) is 1.11. The summed E-state index contributed by atoms with van der Waals surface area (Å²) in [5.41, 5.74) is 1.58. The van der Waals surface area contributed by atoms with Crippen molar-refractivity contribution in [1.82, 2.24) is 9.97 Å². The first-order chi connectivity index (χ1) is 6.40. The molecule has 0 fully saturated rings. The normalized spacial score (nSPS) is 9.23. The van der Waals surface area contributed by atoms with Crippen LogP contribution in [0.2, 0.25) is 0 Å². The number of nitrogens with one attached hydrogen (secondary N) is 1. The number of aromatic amines is 1. The van der Waals surface area contributed by atoms with Gasteiger partial charge in [-0.05, 0) is 18.1 Å². The van der Waals surface area contributed by atoms with Crippen molar-refractivity contribution in [2.45, 2.75) is 0 Å². The van der Waals surface area contributed by atoms with Crippen LogP contribution in [0.25, 0.3) is 11.0 Å². The zero-order valence-corrected chi connectivity index (χ0v) is 6.74. The highest BCUT2D eigenvalue weighted by Gasteiger charge is 1.94. The van der Waals surface area contributed by atoms with E-state index < -0.39 is 0 Å². The van der Waals surface area contributed by atoms with E-state index in [1.165, 1.54) is 0 Å². The smallest absolute Gasteiger partial charge is 0.193 e. The lowest BCUT2D eigenvalue weighted by molar-refractivity contribution is -0.103. The van der Waals surface area contributed by atoms with Gasteiger partial charge in [0.25, 0.3) is 0 Å². The highest BCUT2D eigenvalue weighted by atomic mass is 16.1. The Morgan fingerprint density at radius 1 is 1.54 bits per heavy atom. The number of aldehydes is 1. The quantitative estimate of drug-likeness (QED) is 0.475. The number of fused-ring (bicyclic) bond motifs is 1. The van der Waals surface area contributed by atoms with Crippen molar-refractivity contribution < 1.29 is 4.79 Å². The lowest BCUT2D eigenvalue weighted by Gasteiger charge is -1.89. The van der Waals surface area contributed by atoms with Crippen molar-refractivity contribution in [1.29, 1.82) is 0 Å². The maximum absolute atomic E-state index is 9.99. The molecule has 0 aromatic carbocycles. The maximum atomic E-state index is 9.99. The number of hydrogen-bond donors (Lipinski definition) is 1. The number of carbonyl (C=O) groups excluding carboxylic acids is 1. The molecule has 0 aliphatic heterocycles. The van der Waals surface area contributed by atoms with Crippen LogP contribution < -0.4 is 0 Å². The second-order valence-electron chi connectivity index (χ2n) is 2.53. The number of nitrogens with zero attached hydrogens (tertiary/aromatic N) is 1. The molecular weight excluding hydrogens is 164 g/mol. The van der Waals surface area contributed by atoms with E-state index >= 15 is 0 Å². The second kappa shape index (κ2) is 3.11. The molecule has 0 bridgehead atoms. The van der Waals surface area contributed by atoms with Gasteiger partial charge in [-0.3, -0.25) is 4.79 Å². The maximum Gasteiger partial charge on any atom is 0.193 e. The third kappa shape index (κ3) is 1.42. The number of H-pyrrole nitrogens is 1. The summed E-state index contributed by atoms with van der Waals surface area (Å²) in [6.07, 6.45) is 4.02. The minimum atomic E-state index is 0.571. The summed E-state index contributed by atoms with van der Waals surface area (Å²) in [6.45, 7) is 0. The van der Waals surface area contributed by atoms with Crippen LogP contribution in [0.5, 0.6) is 0 Å². The predicted molar refractivity (Wildman–Crippen MR) is 49.0 cm³/mol. The molecule has 0 spiro atoms. The number of pyridine rings is 1. The molecule has 1 N–H and O–H groups in total. The van der Waals surface area contributed by atoms with Crippen LogP contribution in [0.15, 0.2) is 24.5 Å². The van der Waals surface area contributed by atoms with E-state index in [9.17, 15) is 4.79 Å². The topological polar surface area (TPSA) is 45.8 Å². The molecule has 0 aliphatic carbocycles. The van der Waals surface area contributed by atoms with Gasteiger partial charge in [-0.1, -0.05) is 5.92 Å². The molecule has 3 nitrogen and oxygen atoms in total. The highest BCUT2D eigenvalue weighted by molar-refractivity contribution is 5.78. The van der Waals surface area contributed by atoms with Crippen molar-refractivity contribution >= 4 is 17.3 Å². The summed E-state index contributed by atoms with van der Waals surface area (Å²) in [7, 11) is 0. The van der Waals surface area contributed by atoms with E-state index in [4.69, 9.17) is 0 Å². The van der Waals surface area contributed by atoms with Crippen LogP contribution in [0, 0.1) is 11.8 Å². The van der Waals surface area contributed by atoms with Gasteiger partial charge in [0.1, 0.15) is 5.65 Å². The van der Waals surface area contributed by atoms with Crippen LogP contribution >= 0.6 is 0 Å². The minimum absolute atomic E-state index is 0.571. The standard InChI is InChI=1S/C10H6N2O/c13-5-1-2-8-6-9-3-4-11-10(9)12-7-8/h3-7H,(H,11,12). The largest absolute Gasteiger partial charge is 0.346 e. The summed E-state index contributed by atoms with van der Waals surface area (Å²) in [6, 6.07) is 3.80. The van der Waals surface area contributed by atoms with Gasteiger partial charge in [-0.2, -0.15) is 0 Å². The van der Waals surface area contributed by atoms with Gasteiger partial charge < -0.3 is 4.98 Å². The highest BCUT2D eigenvalue weighted by Crippen LogP contribution is 2.09. The second-order valence-corrected chi connectivity index (χ2v) is 2.53. The Morgan fingerprint density at radius 3 is 3.31 bits per heavy atom. The zero-order chi connectivity index (χ0) is 9.10. The SMILES string of the molecule is O=CC#Cc1cnc2[nH]ccc2c1. The Morgan fingerprint density at radius 2 is 2.46 bits per heavy atom. The van der Waals surface area contributed by atoms with Gasteiger partial charge in [-0.15, -0.1) is 0 Å². The van der Waals surface area contributed by atoms with Crippen LogP contribution in [0.4, 0.5) is 0 Å². The Labute approximate surface area is 74.8 Å². The van der Waals surface area contributed by atoms with Gasteiger partial charge >= 0.3 is 0 Å². The number of aromatic nitrogens is 2. The molecule has 2 aromatic rings. The Balaban J connectivity index is 2.54. The summed E-state index contributed by atoms with van der Waals surface area (Å²) in [4.78, 5) is 17.1. The van der Waals surface area contributed by atoms with Gasteiger partial charge in [0.05, 0.1) is 0 Å². The van der Waals surface area contributed by atoms with Crippen molar-refractivity contribution in [2.24, 2.45) is 0 Å². The first kappa shape index (κ1) is 7.56. The third-order valence-corrected chi connectivity index (χ3v) is 1.68. The van der Waals surface area contributed by atoms with E-state index in [2.05, 4.69) is 21.8 Å². The molecule has 2 aromatic heterocycles. The zero-order valence-electron chi connectivity index (χ0n) is 6.74.